The Labute approximate surface area is 88.2 Å². The summed E-state index contributed by atoms with van der Waals surface area (Å²) in [7, 11) is 0. The number of ether oxygens (including phenoxy) is 1. The highest BCUT2D eigenvalue weighted by Crippen LogP contribution is 1.97. The SMILES string of the molecule is CCOCCN[C@@H](CCC(=O)O)C(=O)O. The zero-order valence-corrected chi connectivity index (χ0v) is 8.73. The van der Waals surface area contributed by atoms with Crippen LogP contribution in [0.4, 0.5) is 0 Å². The van der Waals surface area contributed by atoms with Crippen LogP contribution in [0, 0.1) is 0 Å². The minimum Gasteiger partial charge on any atom is -0.481 e. The van der Waals surface area contributed by atoms with Gasteiger partial charge < -0.3 is 20.3 Å². The van der Waals surface area contributed by atoms with Gasteiger partial charge >= 0.3 is 11.9 Å². The van der Waals surface area contributed by atoms with Crippen molar-refractivity contribution in [3.05, 3.63) is 0 Å². The van der Waals surface area contributed by atoms with E-state index < -0.39 is 18.0 Å². The second-order valence-corrected chi connectivity index (χ2v) is 2.97. The predicted molar refractivity (Wildman–Crippen MR) is 52.8 cm³/mol. The van der Waals surface area contributed by atoms with Crippen molar-refractivity contribution < 1.29 is 24.5 Å². The van der Waals surface area contributed by atoms with Gasteiger partial charge in [-0.1, -0.05) is 0 Å². The molecule has 0 heterocycles. The Morgan fingerprint density at radius 1 is 1.40 bits per heavy atom. The average molecular weight is 219 g/mol. The second kappa shape index (κ2) is 8.19. The molecule has 1 atom stereocenters. The van der Waals surface area contributed by atoms with Crippen molar-refractivity contribution in [2.75, 3.05) is 19.8 Å². The first kappa shape index (κ1) is 13.9. The molecule has 15 heavy (non-hydrogen) atoms. The summed E-state index contributed by atoms with van der Waals surface area (Å²) < 4.78 is 5.02. The highest BCUT2D eigenvalue weighted by atomic mass is 16.5. The third-order valence-electron chi connectivity index (χ3n) is 1.79. The largest absolute Gasteiger partial charge is 0.481 e. The van der Waals surface area contributed by atoms with Crippen molar-refractivity contribution in [3.63, 3.8) is 0 Å². The molecule has 0 saturated heterocycles. The van der Waals surface area contributed by atoms with Gasteiger partial charge in [0.05, 0.1) is 6.61 Å². The summed E-state index contributed by atoms with van der Waals surface area (Å²) in [6.07, 6.45) is -0.0740. The van der Waals surface area contributed by atoms with Crippen LogP contribution in [0.1, 0.15) is 19.8 Å². The minimum absolute atomic E-state index is 0.0802. The van der Waals surface area contributed by atoms with Crippen LogP contribution in [0.2, 0.25) is 0 Å². The number of nitrogens with one attached hydrogen (secondary N) is 1. The maximum Gasteiger partial charge on any atom is 0.320 e. The fraction of sp³-hybridized carbons (Fsp3) is 0.778. The van der Waals surface area contributed by atoms with Crippen molar-refractivity contribution in [3.8, 4) is 0 Å². The average Bonchev–Trinajstić information content (AvgIpc) is 2.15. The lowest BCUT2D eigenvalue weighted by atomic mass is 10.1. The smallest absolute Gasteiger partial charge is 0.320 e. The summed E-state index contributed by atoms with van der Waals surface area (Å²) in [5.41, 5.74) is 0. The van der Waals surface area contributed by atoms with Crippen LogP contribution in [-0.4, -0.2) is 48.0 Å². The van der Waals surface area contributed by atoms with Gasteiger partial charge in [0.25, 0.3) is 0 Å². The summed E-state index contributed by atoms with van der Waals surface area (Å²) >= 11 is 0. The summed E-state index contributed by atoms with van der Waals surface area (Å²) in [6, 6.07) is -0.818. The standard InChI is InChI=1S/C9H17NO5/c1-2-15-6-5-10-7(9(13)14)3-4-8(11)12/h7,10H,2-6H2,1H3,(H,11,12)(H,13,14)/t7-/m0/s1. The van der Waals surface area contributed by atoms with Crippen LogP contribution in [-0.2, 0) is 14.3 Å². The normalized spacial score (nSPS) is 12.3. The molecule has 0 bridgehead atoms. The lowest BCUT2D eigenvalue weighted by molar-refractivity contribution is -0.140. The number of hydrogen-bond acceptors (Lipinski definition) is 4. The maximum atomic E-state index is 10.7. The topological polar surface area (TPSA) is 95.9 Å². The van der Waals surface area contributed by atoms with E-state index in [1.54, 1.807) is 0 Å². The van der Waals surface area contributed by atoms with Crippen molar-refractivity contribution in [1.82, 2.24) is 5.32 Å². The van der Waals surface area contributed by atoms with Crippen LogP contribution in [0.15, 0.2) is 0 Å². The molecular weight excluding hydrogens is 202 g/mol. The van der Waals surface area contributed by atoms with E-state index >= 15 is 0 Å². The van der Waals surface area contributed by atoms with Gasteiger partial charge in [-0.2, -0.15) is 0 Å². The molecule has 0 aliphatic carbocycles. The highest BCUT2D eigenvalue weighted by Gasteiger charge is 2.17. The molecule has 3 N–H and O–H groups in total. The molecule has 6 nitrogen and oxygen atoms in total. The van der Waals surface area contributed by atoms with E-state index in [9.17, 15) is 9.59 Å². The summed E-state index contributed by atoms with van der Waals surface area (Å²) in [5, 5.41) is 19.9. The van der Waals surface area contributed by atoms with Gasteiger partial charge in [0.1, 0.15) is 6.04 Å². The first-order valence-corrected chi connectivity index (χ1v) is 4.83. The molecule has 0 aromatic heterocycles. The van der Waals surface area contributed by atoms with Gasteiger partial charge in [0, 0.05) is 19.6 Å². The zero-order chi connectivity index (χ0) is 11.7. The quantitative estimate of drug-likeness (QED) is 0.470. The third-order valence-corrected chi connectivity index (χ3v) is 1.79. The minimum atomic E-state index is -1.03. The van der Waals surface area contributed by atoms with Crippen molar-refractivity contribution in [2.24, 2.45) is 0 Å². The first-order valence-electron chi connectivity index (χ1n) is 4.83. The van der Waals surface area contributed by atoms with E-state index in [0.29, 0.717) is 19.8 Å². The van der Waals surface area contributed by atoms with Crippen LogP contribution >= 0.6 is 0 Å². The number of carboxylic acids is 2. The molecule has 0 spiro atoms. The van der Waals surface area contributed by atoms with Gasteiger partial charge in [-0.05, 0) is 13.3 Å². The fourth-order valence-electron chi connectivity index (χ4n) is 1.03. The number of rotatable bonds is 9. The molecule has 0 rings (SSSR count). The van der Waals surface area contributed by atoms with Crippen molar-refractivity contribution >= 4 is 11.9 Å². The molecule has 6 heteroatoms. The van der Waals surface area contributed by atoms with E-state index in [-0.39, 0.29) is 12.8 Å². The number of carboxylic acid groups (broad SMARTS) is 2. The van der Waals surface area contributed by atoms with Gasteiger partial charge in [-0.25, -0.2) is 0 Å². The zero-order valence-electron chi connectivity index (χ0n) is 8.73. The lowest BCUT2D eigenvalue weighted by Crippen LogP contribution is -2.38. The summed E-state index contributed by atoms with van der Waals surface area (Å²) in [6.45, 7) is 3.26. The summed E-state index contributed by atoms with van der Waals surface area (Å²) in [4.78, 5) is 20.9. The van der Waals surface area contributed by atoms with Gasteiger partial charge in [-0.15, -0.1) is 0 Å². The Bertz CT molecular complexity index is 207. The Morgan fingerprint density at radius 3 is 2.53 bits per heavy atom. The van der Waals surface area contributed by atoms with Crippen molar-refractivity contribution in [2.45, 2.75) is 25.8 Å². The second-order valence-electron chi connectivity index (χ2n) is 2.97. The highest BCUT2D eigenvalue weighted by molar-refractivity contribution is 5.75. The van der Waals surface area contributed by atoms with Crippen LogP contribution in [0.5, 0.6) is 0 Å². The molecule has 0 aromatic carbocycles. The molecule has 0 unspecified atom stereocenters. The fourth-order valence-corrected chi connectivity index (χ4v) is 1.03. The maximum absolute atomic E-state index is 10.7. The van der Waals surface area contributed by atoms with E-state index in [1.165, 1.54) is 0 Å². The molecule has 0 aliphatic rings. The third kappa shape index (κ3) is 7.90. The first-order chi connectivity index (χ1) is 7.07. The molecule has 88 valence electrons. The van der Waals surface area contributed by atoms with E-state index in [2.05, 4.69) is 5.32 Å². The Morgan fingerprint density at radius 2 is 2.07 bits per heavy atom. The monoisotopic (exact) mass is 219 g/mol. The summed E-state index contributed by atoms with van der Waals surface area (Å²) in [5.74, 6) is -2.03. The Balaban J connectivity index is 3.73. The molecule has 0 aliphatic heterocycles. The van der Waals surface area contributed by atoms with Crippen molar-refractivity contribution in [1.29, 1.82) is 0 Å². The molecule has 0 amide bonds. The van der Waals surface area contributed by atoms with Gasteiger partial charge in [0.2, 0.25) is 0 Å². The molecular formula is C9H17NO5. The molecule has 0 aromatic rings. The molecule has 0 saturated carbocycles. The number of aliphatic carboxylic acids is 2. The van der Waals surface area contributed by atoms with Crippen LogP contribution in [0.25, 0.3) is 0 Å². The van der Waals surface area contributed by atoms with Crippen LogP contribution < -0.4 is 5.32 Å². The van der Waals surface area contributed by atoms with Gasteiger partial charge in [-0.3, -0.25) is 9.59 Å². The predicted octanol–water partition coefficient (Wildman–Crippen LogP) is -0.0695. The van der Waals surface area contributed by atoms with E-state index in [1.807, 2.05) is 6.92 Å². The van der Waals surface area contributed by atoms with Gasteiger partial charge in [0.15, 0.2) is 0 Å². The van der Waals surface area contributed by atoms with E-state index in [4.69, 9.17) is 14.9 Å². The number of carbonyl (C=O) groups is 2. The van der Waals surface area contributed by atoms with Crippen LogP contribution in [0.3, 0.4) is 0 Å². The Hall–Kier alpha value is -1.14. The number of hydrogen-bond donors (Lipinski definition) is 3. The Kier molecular flexibility index (Phi) is 7.57. The van der Waals surface area contributed by atoms with E-state index in [0.717, 1.165) is 0 Å². The molecule has 0 radical (unpaired) electrons. The lowest BCUT2D eigenvalue weighted by Gasteiger charge is -2.12. The molecule has 0 fully saturated rings.